The van der Waals surface area contributed by atoms with E-state index in [4.69, 9.17) is 5.26 Å². The summed E-state index contributed by atoms with van der Waals surface area (Å²) in [6.45, 7) is 0. The Bertz CT molecular complexity index is 545. The largest absolute Gasteiger partial charge is 0.389 e. The average molecular weight is 289 g/mol. The van der Waals surface area contributed by atoms with E-state index in [1.54, 1.807) is 12.1 Å². The summed E-state index contributed by atoms with van der Waals surface area (Å²) >= 11 is 0. The molecule has 3 rings (SSSR count). The lowest BCUT2D eigenvalue weighted by Gasteiger charge is -2.43. The van der Waals surface area contributed by atoms with Crippen molar-refractivity contribution in [3.8, 4) is 6.07 Å². The third-order valence-corrected chi connectivity index (χ3v) is 6.66. The van der Waals surface area contributed by atoms with Crippen molar-refractivity contribution in [3.63, 3.8) is 0 Å². The van der Waals surface area contributed by atoms with Crippen molar-refractivity contribution in [2.24, 2.45) is 0 Å². The summed E-state index contributed by atoms with van der Waals surface area (Å²) < 4.78 is 12.2. The maximum absolute atomic E-state index is 12.2. The zero-order valence-corrected chi connectivity index (χ0v) is 12.2. The SMILES string of the molecule is N#Cc1ccc(CC2(O)CC3CCCC(C2)S3=O)cc1. The highest BCUT2D eigenvalue weighted by molar-refractivity contribution is 7.86. The van der Waals surface area contributed by atoms with Crippen molar-refractivity contribution < 1.29 is 9.32 Å². The Morgan fingerprint density at radius 3 is 2.40 bits per heavy atom. The second kappa shape index (κ2) is 5.31. The second-order valence-electron chi connectivity index (χ2n) is 6.12. The molecule has 2 heterocycles. The number of nitriles is 1. The van der Waals surface area contributed by atoms with Gasteiger partial charge in [-0.05, 0) is 43.4 Å². The molecule has 2 aliphatic rings. The highest BCUT2D eigenvalue weighted by atomic mass is 32.2. The number of nitrogens with zero attached hydrogens (tertiary/aromatic N) is 1. The molecular weight excluding hydrogens is 270 g/mol. The van der Waals surface area contributed by atoms with Gasteiger partial charge in [-0.3, -0.25) is 4.21 Å². The van der Waals surface area contributed by atoms with Gasteiger partial charge in [-0.25, -0.2) is 0 Å². The molecule has 0 aliphatic carbocycles. The molecule has 0 aromatic heterocycles. The lowest BCUT2D eigenvalue weighted by molar-refractivity contribution is 0.0114. The molecule has 2 unspecified atom stereocenters. The Morgan fingerprint density at radius 2 is 1.85 bits per heavy atom. The van der Waals surface area contributed by atoms with E-state index in [1.807, 2.05) is 12.1 Å². The molecule has 0 spiro atoms. The van der Waals surface area contributed by atoms with Crippen molar-refractivity contribution >= 4 is 10.8 Å². The lowest BCUT2D eigenvalue weighted by atomic mass is 9.81. The van der Waals surface area contributed by atoms with Crippen molar-refractivity contribution in [2.75, 3.05) is 0 Å². The molecule has 0 saturated carbocycles. The molecule has 2 bridgehead atoms. The molecule has 2 aliphatic heterocycles. The predicted octanol–water partition coefficient (Wildman–Crippen LogP) is 2.30. The van der Waals surface area contributed by atoms with Crippen molar-refractivity contribution in [1.29, 1.82) is 5.26 Å². The Balaban J connectivity index is 1.76. The van der Waals surface area contributed by atoms with E-state index in [0.717, 1.165) is 24.8 Å². The van der Waals surface area contributed by atoms with E-state index in [1.165, 1.54) is 0 Å². The molecule has 2 fully saturated rings. The van der Waals surface area contributed by atoms with E-state index in [2.05, 4.69) is 6.07 Å². The fraction of sp³-hybridized carbons (Fsp3) is 0.562. The van der Waals surface area contributed by atoms with Crippen LogP contribution in [0.5, 0.6) is 0 Å². The van der Waals surface area contributed by atoms with Crippen LogP contribution in [0.1, 0.15) is 43.2 Å². The molecule has 0 radical (unpaired) electrons. The summed E-state index contributed by atoms with van der Waals surface area (Å²) in [6, 6.07) is 9.52. The third-order valence-electron chi connectivity index (χ3n) is 4.54. The van der Waals surface area contributed by atoms with Crippen LogP contribution in [-0.4, -0.2) is 25.4 Å². The number of aliphatic hydroxyl groups is 1. The van der Waals surface area contributed by atoms with Gasteiger partial charge in [0.25, 0.3) is 0 Å². The van der Waals surface area contributed by atoms with E-state index in [9.17, 15) is 9.32 Å². The van der Waals surface area contributed by atoms with Gasteiger partial charge in [0, 0.05) is 27.7 Å². The first kappa shape index (κ1) is 13.8. The Morgan fingerprint density at radius 1 is 1.25 bits per heavy atom. The number of hydrogen-bond acceptors (Lipinski definition) is 3. The fourth-order valence-corrected chi connectivity index (χ4v) is 5.89. The van der Waals surface area contributed by atoms with Gasteiger partial charge in [0.15, 0.2) is 0 Å². The number of rotatable bonds is 2. The molecule has 1 aromatic rings. The van der Waals surface area contributed by atoms with Gasteiger partial charge >= 0.3 is 0 Å². The molecule has 106 valence electrons. The van der Waals surface area contributed by atoms with Crippen LogP contribution in [0.15, 0.2) is 24.3 Å². The minimum atomic E-state index is -0.749. The topological polar surface area (TPSA) is 61.1 Å². The van der Waals surface area contributed by atoms with Gasteiger partial charge in [-0.2, -0.15) is 5.26 Å². The zero-order valence-electron chi connectivity index (χ0n) is 11.4. The summed E-state index contributed by atoms with van der Waals surface area (Å²) in [4.78, 5) is 0. The smallest absolute Gasteiger partial charge is 0.0991 e. The highest BCUT2D eigenvalue weighted by Gasteiger charge is 2.45. The minimum absolute atomic E-state index is 0.172. The Labute approximate surface area is 122 Å². The van der Waals surface area contributed by atoms with Crippen LogP contribution in [-0.2, 0) is 17.2 Å². The first-order valence-electron chi connectivity index (χ1n) is 7.20. The predicted molar refractivity (Wildman–Crippen MR) is 78.6 cm³/mol. The average Bonchev–Trinajstić information content (AvgIpc) is 2.42. The Hall–Kier alpha value is -1.18. The molecule has 1 aromatic carbocycles. The molecule has 4 heteroatoms. The molecule has 1 N–H and O–H groups in total. The van der Waals surface area contributed by atoms with Crippen molar-refractivity contribution in [1.82, 2.24) is 0 Å². The van der Waals surface area contributed by atoms with Gasteiger partial charge in [0.05, 0.1) is 17.2 Å². The molecular formula is C16H19NO2S. The van der Waals surface area contributed by atoms with Crippen LogP contribution in [0, 0.1) is 11.3 Å². The Kier molecular flexibility index (Phi) is 3.66. The van der Waals surface area contributed by atoms with E-state index < -0.39 is 16.4 Å². The summed E-state index contributed by atoms with van der Waals surface area (Å²) in [5.41, 5.74) is 0.970. The molecule has 3 nitrogen and oxygen atoms in total. The fourth-order valence-electron chi connectivity index (χ4n) is 3.60. The summed E-state index contributed by atoms with van der Waals surface area (Å²) in [5.74, 6) is 0. The highest BCUT2D eigenvalue weighted by Crippen LogP contribution is 2.40. The maximum Gasteiger partial charge on any atom is 0.0991 e. The normalized spacial score (nSPS) is 36.3. The van der Waals surface area contributed by atoms with Crippen LogP contribution in [0.3, 0.4) is 0 Å². The third kappa shape index (κ3) is 2.65. The van der Waals surface area contributed by atoms with E-state index in [0.29, 0.717) is 24.8 Å². The maximum atomic E-state index is 12.2. The van der Waals surface area contributed by atoms with Crippen LogP contribution in [0.2, 0.25) is 0 Å². The second-order valence-corrected chi connectivity index (χ2v) is 8.11. The van der Waals surface area contributed by atoms with Crippen LogP contribution < -0.4 is 0 Å². The van der Waals surface area contributed by atoms with Gasteiger partial charge in [0.2, 0.25) is 0 Å². The van der Waals surface area contributed by atoms with E-state index in [-0.39, 0.29) is 10.5 Å². The molecule has 0 amide bonds. The molecule has 2 saturated heterocycles. The minimum Gasteiger partial charge on any atom is -0.389 e. The van der Waals surface area contributed by atoms with E-state index >= 15 is 0 Å². The van der Waals surface area contributed by atoms with Gasteiger partial charge in [-0.15, -0.1) is 0 Å². The first-order valence-corrected chi connectivity index (χ1v) is 8.48. The number of benzene rings is 1. The molecule has 2 atom stereocenters. The van der Waals surface area contributed by atoms with Crippen LogP contribution in [0.25, 0.3) is 0 Å². The zero-order chi connectivity index (χ0) is 14.2. The summed E-state index contributed by atoms with van der Waals surface area (Å²) in [5, 5.41) is 20.0. The van der Waals surface area contributed by atoms with Gasteiger partial charge in [0.1, 0.15) is 0 Å². The van der Waals surface area contributed by atoms with Crippen molar-refractivity contribution in [2.45, 2.75) is 54.6 Å². The number of fused-ring (bicyclic) bond motifs is 2. The van der Waals surface area contributed by atoms with Gasteiger partial charge < -0.3 is 5.11 Å². The lowest BCUT2D eigenvalue weighted by Crippen LogP contribution is -2.50. The number of hydrogen-bond donors (Lipinski definition) is 1. The summed E-state index contributed by atoms with van der Waals surface area (Å²) in [6.07, 6.45) is 5.01. The quantitative estimate of drug-likeness (QED) is 0.908. The summed E-state index contributed by atoms with van der Waals surface area (Å²) in [7, 11) is -0.749. The van der Waals surface area contributed by atoms with Crippen LogP contribution >= 0.6 is 0 Å². The van der Waals surface area contributed by atoms with Gasteiger partial charge in [-0.1, -0.05) is 18.6 Å². The molecule has 20 heavy (non-hydrogen) atoms. The monoisotopic (exact) mass is 289 g/mol. The van der Waals surface area contributed by atoms with Crippen molar-refractivity contribution in [3.05, 3.63) is 35.4 Å². The first-order chi connectivity index (χ1) is 9.59. The standard InChI is InChI=1S/C16H19NO2S/c17-11-13-6-4-12(5-7-13)8-16(18)9-14-2-1-3-15(10-16)20(14)19/h4-7,14-15,18H,1-3,8-10H2. The van der Waals surface area contributed by atoms with Crippen LogP contribution in [0.4, 0.5) is 0 Å².